The first kappa shape index (κ1) is 22.7. The fourth-order valence-corrected chi connectivity index (χ4v) is 3.12. The van der Waals surface area contributed by atoms with Gasteiger partial charge in [0.1, 0.15) is 12.1 Å². The zero-order chi connectivity index (χ0) is 23.5. The Hall–Kier alpha value is -3.95. The number of benzene rings is 2. The van der Waals surface area contributed by atoms with Crippen molar-refractivity contribution in [1.82, 2.24) is 21.1 Å². The molecule has 1 fully saturated rings. The van der Waals surface area contributed by atoms with Crippen molar-refractivity contribution in [2.45, 2.75) is 32.4 Å². The Balaban J connectivity index is 1.56. The molecule has 0 aromatic heterocycles. The van der Waals surface area contributed by atoms with Crippen molar-refractivity contribution in [1.29, 1.82) is 0 Å². The summed E-state index contributed by atoms with van der Waals surface area (Å²) in [7, 11) is 0. The lowest BCUT2D eigenvalue weighted by atomic mass is 9.91. The molecule has 0 radical (unpaired) electrons. The SMILES string of the molecule is Cc1ccc(C2(C)NC(=O)N(CC(=O)NNC(=O)C(C)Oc3ccccc3F)C2=O)cc1. The molecule has 5 amide bonds. The van der Waals surface area contributed by atoms with Crippen LogP contribution in [0.2, 0.25) is 0 Å². The van der Waals surface area contributed by atoms with Crippen LogP contribution in [0, 0.1) is 12.7 Å². The van der Waals surface area contributed by atoms with Gasteiger partial charge < -0.3 is 10.1 Å². The van der Waals surface area contributed by atoms with Gasteiger partial charge in [-0.1, -0.05) is 42.0 Å². The standard InChI is InChI=1S/C22H23FN4O5/c1-13-8-10-15(11-9-13)22(3)20(30)27(21(31)24-22)12-18(28)25-26-19(29)14(2)32-17-7-5-4-6-16(17)23/h4-11,14H,12H2,1-3H3,(H,24,31)(H,25,28)(H,26,29). The third kappa shape index (κ3) is 4.69. The number of para-hydroxylation sites is 1. The Morgan fingerprint density at radius 2 is 1.78 bits per heavy atom. The second-order valence-electron chi connectivity index (χ2n) is 7.54. The van der Waals surface area contributed by atoms with Crippen LogP contribution in [0.25, 0.3) is 0 Å². The number of hydrogen-bond donors (Lipinski definition) is 3. The van der Waals surface area contributed by atoms with E-state index in [0.717, 1.165) is 10.5 Å². The molecule has 1 saturated heterocycles. The smallest absolute Gasteiger partial charge is 0.325 e. The maximum Gasteiger partial charge on any atom is 0.325 e. The molecule has 0 saturated carbocycles. The number of hydrogen-bond acceptors (Lipinski definition) is 5. The van der Waals surface area contributed by atoms with E-state index >= 15 is 0 Å². The van der Waals surface area contributed by atoms with Gasteiger partial charge in [-0.3, -0.25) is 30.1 Å². The Kier molecular flexibility index (Phi) is 6.42. The van der Waals surface area contributed by atoms with E-state index in [0.29, 0.717) is 5.56 Å². The van der Waals surface area contributed by atoms with Crippen molar-refractivity contribution in [3.8, 4) is 5.75 Å². The topological polar surface area (TPSA) is 117 Å². The molecule has 3 N–H and O–H groups in total. The maximum atomic E-state index is 13.6. The van der Waals surface area contributed by atoms with E-state index in [-0.39, 0.29) is 5.75 Å². The highest BCUT2D eigenvalue weighted by Gasteiger charge is 2.49. The molecule has 9 nitrogen and oxygen atoms in total. The second-order valence-corrected chi connectivity index (χ2v) is 7.54. The van der Waals surface area contributed by atoms with E-state index in [2.05, 4.69) is 16.2 Å². The second kappa shape index (κ2) is 9.04. The summed E-state index contributed by atoms with van der Waals surface area (Å²) < 4.78 is 18.9. The third-order valence-electron chi connectivity index (χ3n) is 5.04. The lowest BCUT2D eigenvalue weighted by Crippen LogP contribution is -2.51. The number of urea groups is 1. The lowest BCUT2D eigenvalue weighted by Gasteiger charge is -2.22. The molecule has 0 spiro atoms. The van der Waals surface area contributed by atoms with E-state index in [1.807, 2.05) is 19.1 Å². The zero-order valence-electron chi connectivity index (χ0n) is 17.8. The minimum atomic E-state index is -1.31. The summed E-state index contributed by atoms with van der Waals surface area (Å²) in [6.07, 6.45) is -1.12. The van der Waals surface area contributed by atoms with E-state index in [1.54, 1.807) is 25.1 Å². The Morgan fingerprint density at radius 1 is 1.12 bits per heavy atom. The molecule has 2 unspecified atom stereocenters. The van der Waals surface area contributed by atoms with Crippen LogP contribution >= 0.6 is 0 Å². The van der Waals surface area contributed by atoms with Crippen LogP contribution in [-0.2, 0) is 19.9 Å². The van der Waals surface area contributed by atoms with E-state index in [9.17, 15) is 23.6 Å². The molecule has 2 atom stereocenters. The van der Waals surface area contributed by atoms with Crippen molar-refractivity contribution in [3.63, 3.8) is 0 Å². The van der Waals surface area contributed by atoms with Crippen LogP contribution in [0.5, 0.6) is 5.75 Å². The van der Waals surface area contributed by atoms with Gasteiger partial charge in [-0.25, -0.2) is 9.18 Å². The number of aryl methyl sites for hydroxylation is 1. The van der Waals surface area contributed by atoms with Crippen molar-refractivity contribution >= 4 is 23.8 Å². The molecule has 1 heterocycles. The summed E-state index contributed by atoms with van der Waals surface area (Å²) in [5.74, 6) is -2.89. The third-order valence-corrected chi connectivity index (χ3v) is 5.04. The molecular formula is C22H23FN4O5. The number of carbonyl (C=O) groups is 4. The van der Waals surface area contributed by atoms with Gasteiger partial charge in [-0.05, 0) is 38.5 Å². The normalized spacial score (nSPS) is 18.7. The number of hydrazine groups is 1. The number of carbonyl (C=O) groups excluding carboxylic acids is 4. The molecule has 32 heavy (non-hydrogen) atoms. The minimum Gasteiger partial charge on any atom is -0.478 e. The minimum absolute atomic E-state index is 0.115. The lowest BCUT2D eigenvalue weighted by molar-refractivity contribution is -0.136. The highest BCUT2D eigenvalue weighted by atomic mass is 19.1. The average molecular weight is 442 g/mol. The van der Waals surface area contributed by atoms with Gasteiger partial charge in [-0.2, -0.15) is 0 Å². The molecule has 0 aliphatic carbocycles. The molecule has 2 aromatic carbocycles. The predicted molar refractivity (Wildman–Crippen MR) is 112 cm³/mol. The van der Waals surface area contributed by atoms with E-state index < -0.39 is 47.8 Å². The Morgan fingerprint density at radius 3 is 2.44 bits per heavy atom. The number of ether oxygens (including phenoxy) is 1. The van der Waals surface area contributed by atoms with Gasteiger partial charge in [0.05, 0.1) is 0 Å². The van der Waals surface area contributed by atoms with Gasteiger partial charge in [0.2, 0.25) is 0 Å². The van der Waals surface area contributed by atoms with Gasteiger partial charge in [0.15, 0.2) is 17.7 Å². The maximum absolute atomic E-state index is 13.6. The Bertz CT molecular complexity index is 1060. The fourth-order valence-electron chi connectivity index (χ4n) is 3.12. The predicted octanol–water partition coefficient (Wildman–Crippen LogP) is 1.52. The van der Waals surface area contributed by atoms with Gasteiger partial charge in [0.25, 0.3) is 17.7 Å². The first-order valence-electron chi connectivity index (χ1n) is 9.83. The number of imide groups is 1. The highest BCUT2D eigenvalue weighted by Crippen LogP contribution is 2.28. The van der Waals surface area contributed by atoms with Crippen LogP contribution in [0.15, 0.2) is 48.5 Å². The summed E-state index contributed by atoms with van der Waals surface area (Å²) in [6, 6.07) is 11.9. The highest BCUT2D eigenvalue weighted by molar-refractivity contribution is 6.09. The average Bonchev–Trinajstić information content (AvgIpc) is 2.97. The molecule has 2 aromatic rings. The van der Waals surface area contributed by atoms with Crippen molar-refractivity contribution in [2.24, 2.45) is 0 Å². The number of nitrogens with one attached hydrogen (secondary N) is 3. The van der Waals surface area contributed by atoms with Crippen LogP contribution < -0.4 is 20.9 Å². The van der Waals surface area contributed by atoms with E-state index in [1.165, 1.54) is 25.1 Å². The van der Waals surface area contributed by atoms with Crippen molar-refractivity contribution in [3.05, 3.63) is 65.5 Å². The summed E-state index contributed by atoms with van der Waals surface area (Å²) >= 11 is 0. The Labute approximate surface area is 183 Å². The number of amides is 5. The summed E-state index contributed by atoms with van der Waals surface area (Å²) in [4.78, 5) is 50.3. The molecule has 1 aliphatic heterocycles. The van der Waals surface area contributed by atoms with Crippen molar-refractivity contribution < 1.29 is 28.3 Å². The largest absolute Gasteiger partial charge is 0.478 e. The monoisotopic (exact) mass is 442 g/mol. The number of rotatable bonds is 6. The number of halogens is 1. The first-order chi connectivity index (χ1) is 15.1. The molecule has 10 heteroatoms. The van der Waals surface area contributed by atoms with Crippen LogP contribution in [-0.4, -0.2) is 41.3 Å². The molecule has 3 rings (SSSR count). The quantitative estimate of drug-likeness (QED) is 0.463. The van der Waals surface area contributed by atoms with Crippen LogP contribution in [0.3, 0.4) is 0 Å². The molecular weight excluding hydrogens is 419 g/mol. The molecule has 0 bridgehead atoms. The fraction of sp³-hybridized carbons (Fsp3) is 0.273. The van der Waals surface area contributed by atoms with Crippen LogP contribution in [0.4, 0.5) is 9.18 Å². The number of nitrogens with zero attached hydrogens (tertiary/aromatic N) is 1. The summed E-state index contributed by atoms with van der Waals surface area (Å²) in [6.45, 7) is 4.22. The summed E-state index contributed by atoms with van der Waals surface area (Å²) in [5, 5.41) is 2.60. The van der Waals surface area contributed by atoms with E-state index in [4.69, 9.17) is 4.74 Å². The summed E-state index contributed by atoms with van der Waals surface area (Å²) in [5.41, 5.74) is 4.51. The first-order valence-corrected chi connectivity index (χ1v) is 9.83. The molecule has 168 valence electrons. The zero-order valence-corrected chi connectivity index (χ0v) is 17.8. The molecule has 1 aliphatic rings. The van der Waals surface area contributed by atoms with Gasteiger partial charge in [0, 0.05) is 0 Å². The van der Waals surface area contributed by atoms with Crippen molar-refractivity contribution in [2.75, 3.05) is 6.54 Å². The van der Waals surface area contributed by atoms with Gasteiger partial charge >= 0.3 is 6.03 Å². The van der Waals surface area contributed by atoms with Gasteiger partial charge in [-0.15, -0.1) is 0 Å². The van der Waals surface area contributed by atoms with Crippen LogP contribution in [0.1, 0.15) is 25.0 Å².